The normalized spacial score (nSPS) is 17.2. The Bertz CT molecular complexity index is 492. The molecule has 2 heterocycles. The van der Waals surface area contributed by atoms with Crippen LogP contribution in [0.1, 0.15) is 32.7 Å². The molecule has 5 nitrogen and oxygen atoms in total. The lowest BCUT2D eigenvalue weighted by molar-refractivity contribution is 0.440. The summed E-state index contributed by atoms with van der Waals surface area (Å²) in [7, 11) is 1.98. The van der Waals surface area contributed by atoms with Crippen LogP contribution >= 0.6 is 11.6 Å². The maximum atomic E-state index is 12.1. The molecular weight excluding hydrogens is 264 g/mol. The van der Waals surface area contributed by atoms with E-state index in [4.69, 9.17) is 11.6 Å². The molecule has 1 aromatic heterocycles. The van der Waals surface area contributed by atoms with Gasteiger partial charge in [0.1, 0.15) is 5.02 Å². The van der Waals surface area contributed by atoms with E-state index in [9.17, 15) is 4.79 Å². The molecule has 1 N–H and O–H groups in total. The van der Waals surface area contributed by atoms with Crippen molar-refractivity contribution < 1.29 is 0 Å². The first-order chi connectivity index (χ1) is 9.04. The van der Waals surface area contributed by atoms with Gasteiger partial charge < -0.3 is 10.2 Å². The fraction of sp³-hybridized carbons (Fsp3) is 0.692. The third-order valence-electron chi connectivity index (χ3n) is 3.66. The van der Waals surface area contributed by atoms with Crippen molar-refractivity contribution in [3.8, 4) is 0 Å². The van der Waals surface area contributed by atoms with Crippen LogP contribution in [0.25, 0.3) is 0 Å². The fourth-order valence-electron chi connectivity index (χ4n) is 2.43. The second-order valence-corrected chi connectivity index (χ2v) is 5.62. The highest BCUT2D eigenvalue weighted by atomic mass is 35.5. The van der Waals surface area contributed by atoms with E-state index in [1.165, 1.54) is 4.68 Å². The highest BCUT2D eigenvalue weighted by molar-refractivity contribution is 6.33. The van der Waals surface area contributed by atoms with Crippen LogP contribution in [0.15, 0.2) is 11.0 Å². The number of piperidine rings is 1. The van der Waals surface area contributed by atoms with E-state index in [0.29, 0.717) is 6.04 Å². The zero-order valence-electron chi connectivity index (χ0n) is 11.7. The lowest BCUT2D eigenvalue weighted by atomic mass is 10.1. The van der Waals surface area contributed by atoms with E-state index in [1.807, 2.05) is 20.9 Å². The van der Waals surface area contributed by atoms with Gasteiger partial charge in [-0.05, 0) is 33.7 Å². The number of hydrogen-bond donors (Lipinski definition) is 1. The number of nitrogens with zero attached hydrogens (tertiary/aromatic N) is 3. The molecule has 106 valence electrons. The third-order valence-corrected chi connectivity index (χ3v) is 4.01. The van der Waals surface area contributed by atoms with Crippen LogP contribution < -0.4 is 15.8 Å². The molecule has 6 heteroatoms. The number of nitrogens with one attached hydrogen (secondary N) is 1. The molecule has 0 saturated carbocycles. The van der Waals surface area contributed by atoms with Gasteiger partial charge in [-0.2, -0.15) is 5.10 Å². The van der Waals surface area contributed by atoms with Gasteiger partial charge in [-0.3, -0.25) is 4.79 Å². The maximum Gasteiger partial charge on any atom is 0.287 e. The van der Waals surface area contributed by atoms with E-state index >= 15 is 0 Å². The summed E-state index contributed by atoms with van der Waals surface area (Å²) in [6.45, 7) is 5.64. The number of hydrogen-bond acceptors (Lipinski definition) is 4. The first kappa shape index (κ1) is 14.3. The number of halogens is 1. The van der Waals surface area contributed by atoms with Crippen molar-refractivity contribution in [3.05, 3.63) is 21.6 Å². The van der Waals surface area contributed by atoms with Crippen LogP contribution in [0.5, 0.6) is 0 Å². The summed E-state index contributed by atoms with van der Waals surface area (Å²) >= 11 is 6.22. The zero-order chi connectivity index (χ0) is 14.0. The summed E-state index contributed by atoms with van der Waals surface area (Å²) < 4.78 is 1.42. The smallest absolute Gasteiger partial charge is 0.287 e. The van der Waals surface area contributed by atoms with Crippen LogP contribution in [0.2, 0.25) is 5.02 Å². The van der Waals surface area contributed by atoms with Crippen molar-refractivity contribution in [1.29, 1.82) is 0 Å². The quantitative estimate of drug-likeness (QED) is 0.917. The monoisotopic (exact) mass is 284 g/mol. The molecule has 1 aromatic rings. The average Bonchev–Trinajstić information content (AvgIpc) is 2.41. The van der Waals surface area contributed by atoms with Crippen molar-refractivity contribution in [2.45, 2.75) is 38.8 Å². The Morgan fingerprint density at radius 1 is 1.42 bits per heavy atom. The first-order valence-corrected chi connectivity index (χ1v) is 7.12. The second kappa shape index (κ2) is 5.92. The van der Waals surface area contributed by atoms with E-state index in [2.05, 4.69) is 15.3 Å². The fourth-order valence-corrected chi connectivity index (χ4v) is 2.69. The minimum Gasteiger partial charge on any atom is -0.369 e. The Morgan fingerprint density at radius 3 is 2.58 bits per heavy atom. The number of rotatable bonds is 3. The highest BCUT2D eigenvalue weighted by Crippen LogP contribution is 2.24. The predicted octanol–water partition coefficient (Wildman–Crippen LogP) is 1.67. The minimum atomic E-state index is -0.204. The molecule has 19 heavy (non-hydrogen) atoms. The maximum absolute atomic E-state index is 12.1. The molecular formula is C13H21ClN4O. The Kier molecular flexibility index (Phi) is 4.47. The molecule has 1 aliphatic heterocycles. The summed E-state index contributed by atoms with van der Waals surface area (Å²) in [6.07, 6.45) is 3.82. The zero-order valence-corrected chi connectivity index (χ0v) is 12.4. The highest BCUT2D eigenvalue weighted by Gasteiger charge is 2.22. The number of anilines is 1. The minimum absolute atomic E-state index is 0.0223. The summed E-state index contributed by atoms with van der Waals surface area (Å²) in [6, 6.07) is 0.577. The molecule has 0 bridgehead atoms. The second-order valence-electron chi connectivity index (χ2n) is 5.24. The molecule has 1 fully saturated rings. The van der Waals surface area contributed by atoms with E-state index in [1.54, 1.807) is 6.20 Å². The standard InChI is InChI=1S/C13H21ClN4O/c1-9(2)18-13(19)12(14)11(8-16-18)17-6-4-10(15-3)5-7-17/h8-10,15H,4-7H2,1-3H3. The van der Waals surface area contributed by atoms with Crippen LogP contribution in [0.4, 0.5) is 5.69 Å². The largest absolute Gasteiger partial charge is 0.369 e. The predicted molar refractivity (Wildman–Crippen MR) is 78.2 cm³/mol. The molecule has 0 unspecified atom stereocenters. The van der Waals surface area contributed by atoms with Gasteiger partial charge in [-0.25, -0.2) is 4.68 Å². The van der Waals surface area contributed by atoms with E-state index < -0.39 is 0 Å². The third kappa shape index (κ3) is 2.92. The summed E-state index contributed by atoms with van der Waals surface area (Å²) in [5.74, 6) is 0. The van der Waals surface area contributed by atoms with Gasteiger partial charge in [0.05, 0.1) is 17.9 Å². The van der Waals surface area contributed by atoms with Crippen LogP contribution in [-0.4, -0.2) is 36.0 Å². The Labute approximate surface area is 118 Å². The molecule has 2 rings (SSSR count). The Morgan fingerprint density at radius 2 is 2.05 bits per heavy atom. The number of aromatic nitrogens is 2. The first-order valence-electron chi connectivity index (χ1n) is 6.74. The van der Waals surface area contributed by atoms with Crippen molar-refractivity contribution in [2.24, 2.45) is 0 Å². The topological polar surface area (TPSA) is 50.2 Å². The van der Waals surface area contributed by atoms with Crippen LogP contribution in [0.3, 0.4) is 0 Å². The van der Waals surface area contributed by atoms with Gasteiger partial charge in [-0.15, -0.1) is 0 Å². The molecule has 0 spiro atoms. The average molecular weight is 285 g/mol. The van der Waals surface area contributed by atoms with Gasteiger partial charge in [0.2, 0.25) is 0 Å². The van der Waals surface area contributed by atoms with Gasteiger partial charge in [0.15, 0.2) is 0 Å². The Balaban J connectivity index is 2.23. The van der Waals surface area contributed by atoms with Crippen molar-refractivity contribution in [3.63, 3.8) is 0 Å². The lowest BCUT2D eigenvalue weighted by Crippen LogP contribution is -2.42. The lowest BCUT2D eigenvalue weighted by Gasteiger charge is -2.33. The summed E-state index contributed by atoms with van der Waals surface area (Å²) in [5.41, 5.74) is 0.558. The molecule has 0 aliphatic carbocycles. The molecule has 0 atom stereocenters. The SMILES string of the molecule is CNC1CCN(c2cnn(C(C)C)c(=O)c2Cl)CC1. The molecule has 0 aromatic carbocycles. The van der Waals surface area contributed by atoms with Crippen LogP contribution in [0, 0.1) is 0 Å². The van der Waals surface area contributed by atoms with Gasteiger partial charge in [-0.1, -0.05) is 11.6 Å². The van der Waals surface area contributed by atoms with Crippen molar-refractivity contribution in [2.75, 3.05) is 25.0 Å². The Hall–Kier alpha value is -1.07. The van der Waals surface area contributed by atoms with E-state index in [-0.39, 0.29) is 16.6 Å². The van der Waals surface area contributed by atoms with Gasteiger partial charge >= 0.3 is 0 Å². The molecule has 0 amide bonds. The molecule has 0 radical (unpaired) electrons. The van der Waals surface area contributed by atoms with Gasteiger partial charge in [0, 0.05) is 19.1 Å². The summed E-state index contributed by atoms with van der Waals surface area (Å²) in [4.78, 5) is 14.3. The molecule has 1 saturated heterocycles. The van der Waals surface area contributed by atoms with Crippen molar-refractivity contribution in [1.82, 2.24) is 15.1 Å². The van der Waals surface area contributed by atoms with Crippen molar-refractivity contribution >= 4 is 17.3 Å². The van der Waals surface area contributed by atoms with Crippen LogP contribution in [-0.2, 0) is 0 Å². The van der Waals surface area contributed by atoms with E-state index in [0.717, 1.165) is 31.6 Å². The molecule has 1 aliphatic rings. The summed E-state index contributed by atoms with van der Waals surface area (Å²) in [5, 5.41) is 7.78. The van der Waals surface area contributed by atoms with Gasteiger partial charge in [0.25, 0.3) is 5.56 Å².